The summed E-state index contributed by atoms with van der Waals surface area (Å²) in [4.78, 5) is 13.6. The minimum Gasteiger partial charge on any atom is -0.494 e. The molecular formula is C13H16BrNO2. The van der Waals surface area contributed by atoms with Gasteiger partial charge in [0.2, 0.25) is 5.91 Å². The van der Waals surface area contributed by atoms with Crippen molar-refractivity contribution < 1.29 is 9.53 Å². The van der Waals surface area contributed by atoms with Gasteiger partial charge in [0.05, 0.1) is 11.4 Å². The van der Waals surface area contributed by atoms with Crippen LogP contribution in [0.2, 0.25) is 0 Å². The molecule has 1 fully saturated rings. The molecule has 0 saturated carbocycles. The molecule has 0 aliphatic carbocycles. The summed E-state index contributed by atoms with van der Waals surface area (Å²) in [6.45, 7) is 3.59. The number of hydrogen-bond acceptors (Lipinski definition) is 2. The van der Waals surface area contributed by atoms with Gasteiger partial charge in [-0.3, -0.25) is 4.79 Å². The van der Waals surface area contributed by atoms with Crippen molar-refractivity contribution in [2.75, 3.05) is 18.1 Å². The first-order chi connectivity index (χ1) is 8.22. The van der Waals surface area contributed by atoms with Crippen molar-refractivity contribution in [1.29, 1.82) is 0 Å². The van der Waals surface area contributed by atoms with E-state index in [1.54, 1.807) is 0 Å². The van der Waals surface area contributed by atoms with Gasteiger partial charge >= 0.3 is 0 Å². The number of carbonyl (C=O) groups is 1. The van der Waals surface area contributed by atoms with Crippen LogP contribution in [0.3, 0.4) is 0 Å². The normalized spacial score (nSPS) is 19.8. The fourth-order valence-corrected chi connectivity index (χ4v) is 2.30. The highest BCUT2D eigenvalue weighted by Gasteiger charge is 2.30. The number of rotatable bonds is 4. The lowest BCUT2D eigenvalue weighted by atomic mass is 10.3. The summed E-state index contributed by atoms with van der Waals surface area (Å²) in [7, 11) is 0. The number of alkyl halides is 1. The molecule has 2 rings (SSSR count). The highest BCUT2D eigenvalue weighted by Crippen LogP contribution is 2.26. The number of anilines is 1. The lowest BCUT2D eigenvalue weighted by molar-refractivity contribution is -0.116. The molecule has 1 aliphatic rings. The van der Waals surface area contributed by atoms with Crippen molar-refractivity contribution in [2.45, 2.75) is 24.6 Å². The van der Waals surface area contributed by atoms with Crippen LogP contribution in [0.5, 0.6) is 5.75 Å². The Balaban J connectivity index is 2.05. The molecule has 0 spiro atoms. The highest BCUT2D eigenvalue weighted by atomic mass is 79.9. The van der Waals surface area contributed by atoms with Gasteiger partial charge in [-0.1, -0.05) is 22.9 Å². The summed E-state index contributed by atoms with van der Waals surface area (Å²) in [5.41, 5.74) is 0.945. The highest BCUT2D eigenvalue weighted by molar-refractivity contribution is 9.10. The van der Waals surface area contributed by atoms with Gasteiger partial charge < -0.3 is 9.64 Å². The van der Waals surface area contributed by atoms with E-state index in [0.29, 0.717) is 0 Å². The molecule has 1 aromatic carbocycles. The molecule has 1 atom stereocenters. The predicted molar refractivity (Wildman–Crippen MR) is 71.9 cm³/mol. The van der Waals surface area contributed by atoms with Crippen LogP contribution in [0.25, 0.3) is 0 Å². The first-order valence-corrected chi connectivity index (χ1v) is 6.82. The smallest absolute Gasteiger partial charge is 0.240 e. The van der Waals surface area contributed by atoms with Crippen LogP contribution in [0.1, 0.15) is 19.8 Å². The van der Waals surface area contributed by atoms with E-state index in [4.69, 9.17) is 4.74 Å². The van der Waals surface area contributed by atoms with Gasteiger partial charge in [0, 0.05) is 12.2 Å². The number of benzene rings is 1. The van der Waals surface area contributed by atoms with Crippen LogP contribution in [0.4, 0.5) is 5.69 Å². The van der Waals surface area contributed by atoms with Crippen LogP contribution < -0.4 is 9.64 Å². The summed E-state index contributed by atoms with van der Waals surface area (Å²) in [6.07, 6.45) is 1.87. The third-order valence-electron chi connectivity index (χ3n) is 2.76. The first-order valence-electron chi connectivity index (χ1n) is 5.90. The Kier molecular flexibility index (Phi) is 4.05. The number of halogens is 1. The van der Waals surface area contributed by atoms with Crippen molar-refractivity contribution in [1.82, 2.24) is 0 Å². The summed E-state index contributed by atoms with van der Waals surface area (Å²) >= 11 is 3.37. The van der Waals surface area contributed by atoms with E-state index in [1.165, 1.54) is 0 Å². The lowest BCUT2D eigenvalue weighted by Gasteiger charge is -2.16. The molecule has 0 radical (unpaired) electrons. The van der Waals surface area contributed by atoms with Crippen LogP contribution in [-0.4, -0.2) is 23.9 Å². The molecule has 1 unspecified atom stereocenters. The van der Waals surface area contributed by atoms with E-state index in [2.05, 4.69) is 22.9 Å². The first kappa shape index (κ1) is 12.4. The summed E-state index contributed by atoms with van der Waals surface area (Å²) < 4.78 is 5.51. The Hall–Kier alpha value is -1.03. The largest absolute Gasteiger partial charge is 0.494 e. The Morgan fingerprint density at radius 1 is 1.41 bits per heavy atom. The zero-order chi connectivity index (χ0) is 12.3. The van der Waals surface area contributed by atoms with E-state index < -0.39 is 0 Å². The van der Waals surface area contributed by atoms with E-state index in [9.17, 15) is 4.79 Å². The number of nitrogens with zero attached hydrogens (tertiary/aromatic N) is 1. The average molecular weight is 298 g/mol. The van der Waals surface area contributed by atoms with Gasteiger partial charge in [0.1, 0.15) is 5.75 Å². The number of ether oxygens (including phenoxy) is 1. The summed E-state index contributed by atoms with van der Waals surface area (Å²) in [5.74, 6) is 1.00. The Bertz CT molecular complexity index is 391. The topological polar surface area (TPSA) is 29.5 Å². The summed E-state index contributed by atoms with van der Waals surface area (Å²) in [6, 6.07) is 7.71. The van der Waals surface area contributed by atoms with Crippen molar-refractivity contribution >= 4 is 27.5 Å². The maximum atomic E-state index is 11.8. The van der Waals surface area contributed by atoms with Crippen LogP contribution in [0, 0.1) is 0 Å². The molecule has 0 N–H and O–H groups in total. The lowest BCUT2D eigenvalue weighted by Crippen LogP contribution is -2.26. The minimum absolute atomic E-state index is 0.0292. The number of carbonyl (C=O) groups excluding carboxylic acids is 1. The van der Waals surface area contributed by atoms with Gasteiger partial charge in [-0.05, 0) is 37.1 Å². The fraction of sp³-hybridized carbons (Fsp3) is 0.462. The van der Waals surface area contributed by atoms with Crippen molar-refractivity contribution in [3.05, 3.63) is 24.3 Å². The third-order valence-corrected chi connectivity index (χ3v) is 3.61. The molecule has 1 aliphatic heterocycles. The molecule has 1 heterocycles. The monoisotopic (exact) mass is 297 g/mol. The molecule has 4 heteroatoms. The zero-order valence-corrected chi connectivity index (χ0v) is 11.4. The van der Waals surface area contributed by atoms with Crippen LogP contribution in [-0.2, 0) is 4.79 Å². The predicted octanol–water partition coefficient (Wildman–Crippen LogP) is 2.98. The van der Waals surface area contributed by atoms with Gasteiger partial charge in [-0.25, -0.2) is 0 Å². The van der Waals surface area contributed by atoms with Crippen LogP contribution in [0.15, 0.2) is 24.3 Å². The third kappa shape index (κ3) is 2.80. The van der Waals surface area contributed by atoms with Crippen molar-refractivity contribution in [3.8, 4) is 5.75 Å². The molecular weight excluding hydrogens is 282 g/mol. The molecule has 17 heavy (non-hydrogen) atoms. The number of hydrogen-bond donors (Lipinski definition) is 0. The van der Waals surface area contributed by atoms with Gasteiger partial charge in [-0.2, -0.15) is 0 Å². The Morgan fingerprint density at radius 3 is 2.65 bits per heavy atom. The molecule has 0 bridgehead atoms. The Labute approximate surface area is 110 Å². The molecule has 1 amide bonds. The molecule has 0 aromatic heterocycles. The second kappa shape index (κ2) is 5.54. The second-order valence-electron chi connectivity index (χ2n) is 4.09. The van der Waals surface area contributed by atoms with Crippen LogP contribution >= 0.6 is 15.9 Å². The molecule has 1 aromatic rings. The molecule has 1 saturated heterocycles. The quantitative estimate of drug-likeness (QED) is 0.800. The summed E-state index contributed by atoms with van der Waals surface area (Å²) in [5, 5.41) is 0. The van der Waals surface area contributed by atoms with E-state index >= 15 is 0 Å². The van der Waals surface area contributed by atoms with Gasteiger partial charge in [-0.15, -0.1) is 0 Å². The second-order valence-corrected chi connectivity index (χ2v) is 5.19. The average Bonchev–Trinajstić information content (AvgIpc) is 2.68. The standard InChI is InChI=1S/C13H16BrNO2/c1-2-9-17-11-5-3-10(4-6-11)15-8-7-12(14)13(15)16/h3-6,12H,2,7-9H2,1H3. The Morgan fingerprint density at radius 2 is 2.12 bits per heavy atom. The van der Waals surface area contributed by atoms with Crippen molar-refractivity contribution in [2.24, 2.45) is 0 Å². The molecule has 92 valence electrons. The van der Waals surface area contributed by atoms with Gasteiger partial charge in [0.15, 0.2) is 0 Å². The van der Waals surface area contributed by atoms with E-state index in [0.717, 1.165) is 37.4 Å². The van der Waals surface area contributed by atoms with E-state index in [-0.39, 0.29) is 10.7 Å². The number of amides is 1. The zero-order valence-electron chi connectivity index (χ0n) is 9.86. The maximum Gasteiger partial charge on any atom is 0.240 e. The maximum absolute atomic E-state index is 11.8. The molecule has 3 nitrogen and oxygen atoms in total. The SMILES string of the molecule is CCCOc1ccc(N2CCC(Br)C2=O)cc1. The van der Waals surface area contributed by atoms with E-state index in [1.807, 2.05) is 29.2 Å². The fourth-order valence-electron chi connectivity index (χ4n) is 1.84. The minimum atomic E-state index is -0.0292. The van der Waals surface area contributed by atoms with Gasteiger partial charge in [0.25, 0.3) is 0 Å². The van der Waals surface area contributed by atoms with Crippen molar-refractivity contribution in [3.63, 3.8) is 0 Å².